The largest absolute Gasteiger partial charge is 0.423 e. The van der Waals surface area contributed by atoms with E-state index in [1.54, 1.807) is 12.1 Å². The molecule has 0 spiro atoms. The summed E-state index contributed by atoms with van der Waals surface area (Å²) in [5.74, 6) is 1.87. The van der Waals surface area contributed by atoms with Crippen LogP contribution in [-0.2, 0) is 6.54 Å². The van der Waals surface area contributed by atoms with Crippen molar-refractivity contribution in [1.82, 2.24) is 20.4 Å². The lowest BCUT2D eigenvalue weighted by Crippen LogP contribution is -2.14. The van der Waals surface area contributed by atoms with Crippen LogP contribution < -0.4 is 10.6 Å². The van der Waals surface area contributed by atoms with Crippen LogP contribution in [-0.4, -0.2) is 26.3 Å². The van der Waals surface area contributed by atoms with Gasteiger partial charge in [-0.15, -0.1) is 20.4 Å². The number of hydrogen-bond donors (Lipinski definition) is 2. The van der Waals surface area contributed by atoms with Crippen molar-refractivity contribution in [1.29, 1.82) is 0 Å². The SMILES string of the molecule is O=C(Nc1ccccc1)c1ccc(NCc2nnc(C3CC3)o2)nn1. The standard InChI is InChI=1S/C17H16N6O2/c24-16(19-12-4-2-1-3-5-12)13-8-9-14(21-20-13)18-10-15-22-23-17(25-15)11-6-7-11/h1-5,8-9,11H,6-7,10H2,(H,18,21)(H,19,24). The third-order valence-corrected chi connectivity index (χ3v) is 3.76. The second kappa shape index (κ2) is 6.68. The zero-order chi connectivity index (χ0) is 17.1. The van der Waals surface area contributed by atoms with Crippen LogP contribution in [0.15, 0.2) is 46.9 Å². The quantitative estimate of drug-likeness (QED) is 0.712. The van der Waals surface area contributed by atoms with Crippen LogP contribution >= 0.6 is 0 Å². The van der Waals surface area contributed by atoms with E-state index < -0.39 is 0 Å². The highest BCUT2D eigenvalue weighted by molar-refractivity contribution is 6.02. The van der Waals surface area contributed by atoms with E-state index in [-0.39, 0.29) is 11.6 Å². The van der Waals surface area contributed by atoms with E-state index >= 15 is 0 Å². The third-order valence-electron chi connectivity index (χ3n) is 3.76. The molecule has 1 fully saturated rings. The topological polar surface area (TPSA) is 106 Å². The fraction of sp³-hybridized carbons (Fsp3) is 0.235. The van der Waals surface area contributed by atoms with Crippen LogP contribution in [0.2, 0.25) is 0 Å². The van der Waals surface area contributed by atoms with Crippen molar-refractivity contribution < 1.29 is 9.21 Å². The number of carbonyl (C=O) groups excluding carboxylic acids is 1. The number of anilines is 2. The molecular weight excluding hydrogens is 320 g/mol. The van der Waals surface area contributed by atoms with Gasteiger partial charge >= 0.3 is 0 Å². The molecule has 126 valence electrons. The molecule has 0 radical (unpaired) electrons. The van der Waals surface area contributed by atoms with E-state index in [1.807, 2.05) is 30.3 Å². The van der Waals surface area contributed by atoms with Gasteiger partial charge in [-0.1, -0.05) is 18.2 Å². The molecule has 2 aromatic heterocycles. The summed E-state index contributed by atoms with van der Waals surface area (Å²) in [5, 5.41) is 21.8. The fourth-order valence-corrected chi connectivity index (χ4v) is 2.26. The fourth-order valence-electron chi connectivity index (χ4n) is 2.26. The molecule has 1 aliphatic carbocycles. The van der Waals surface area contributed by atoms with Gasteiger partial charge in [0.15, 0.2) is 5.69 Å². The summed E-state index contributed by atoms with van der Waals surface area (Å²) < 4.78 is 5.56. The molecule has 0 atom stereocenters. The van der Waals surface area contributed by atoms with Crippen molar-refractivity contribution in [2.24, 2.45) is 0 Å². The number of amides is 1. The van der Waals surface area contributed by atoms with Gasteiger partial charge in [0.05, 0.1) is 6.54 Å². The molecule has 0 unspecified atom stereocenters. The number of nitrogens with zero attached hydrogens (tertiary/aromatic N) is 4. The van der Waals surface area contributed by atoms with Crippen molar-refractivity contribution >= 4 is 17.4 Å². The summed E-state index contributed by atoms with van der Waals surface area (Å²) >= 11 is 0. The highest BCUT2D eigenvalue weighted by atomic mass is 16.4. The van der Waals surface area contributed by atoms with Crippen LogP contribution in [0.25, 0.3) is 0 Å². The number of benzene rings is 1. The van der Waals surface area contributed by atoms with Crippen LogP contribution in [0.1, 0.15) is 41.0 Å². The minimum absolute atomic E-state index is 0.239. The molecule has 8 heteroatoms. The van der Waals surface area contributed by atoms with Gasteiger partial charge in [-0.25, -0.2) is 0 Å². The van der Waals surface area contributed by atoms with Crippen molar-refractivity contribution in [2.75, 3.05) is 10.6 Å². The molecular formula is C17H16N6O2. The Balaban J connectivity index is 1.33. The normalized spacial score (nSPS) is 13.4. The smallest absolute Gasteiger partial charge is 0.276 e. The first-order valence-corrected chi connectivity index (χ1v) is 8.04. The molecule has 1 aliphatic rings. The van der Waals surface area contributed by atoms with Crippen LogP contribution in [0, 0.1) is 0 Å². The Hall–Kier alpha value is -3.29. The number of carbonyl (C=O) groups is 1. The first-order valence-electron chi connectivity index (χ1n) is 8.04. The van der Waals surface area contributed by atoms with Gasteiger partial charge in [-0.2, -0.15) is 0 Å². The Kier molecular flexibility index (Phi) is 4.07. The van der Waals surface area contributed by atoms with Gasteiger partial charge in [0.2, 0.25) is 11.8 Å². The maximum Gasteiger partial charge on any atom is 0.276 e. The number of para-hydroxylation sites is 1. The number of hydrogen-bond acceptors (Lipinski definition) is 7. The molecule has 2 N–H and O–H groups in total. The third kappa shape index (κ3) is 3.79. The van der Waals surface area contributed by atoms with Gasteiger partial charge in [-0.05, 0) is 37.1 Å². The van der Waals surface area contributed by atoms with Crippen LogP contribution in [0.3, 0.4) is 0 Å². The number of rotatable bonds is 6. The zero-order valence-electron chi connectivity index (χ0n) is 13.3. The van der Waals surface area contributed by atoms with E-state index in [1.165, 1.54) is 0 Å². The van der Waals surface area contributed by atoms with Crippen molar-refractivity contribution in [3.63, 3.8) is 0 Å². The molecule has 1 aromatic carbocycles. The zero-order valence-corrected chi connectivity index (χ0v) is 13.3. The molecule has 8 nitrogen and oxygen atoms in total. The highest BCUT2D eigenvalue weighted by Gasteiger charge is 2.29. The summed E-state index contributed by atoms with van der Waals surface area (Å²) in [6, 6.07) is 12.5. The highest BCUT2D eigenvalue weighted by Crippen LogP contribution is 2.38. The van der Waals surface area contributed by atoms with Gasteiger partial charge in [0.25, 0.3) is 5.91 Å². The number of nitrogens with one attached hydrogen (secondary N) is 2. The predicted molar refractivity (Wildman–Crippen MR) is 90.0 cm³/mol. The summed E-state index contributed by atoms with van der Waals surface area (Å²) in [7, 11) is 0. The van der Waals surface area contributed by atoms with Crippen molar-refractivity contribution in [3.05, 3.63) is 59.9 Å². The van der Waals surface area contributed by atoms with Crippen LogP contribution in [0.4, 0.5) is 11.5 Å². The monoisotopic (exact) mass is 336 g/mol. The number of aromatic nitrogens is 4. The van der Waals surface area contributed by atoms with E-state index in [2.05, 4.69) is 31.0 Å². The Labute approximate surface area is 143 Å². The Morgan fingerprint density at radius 3 is 2.60 bits per heavy atom. The molecule has 3 aromatic rings. The molecule has 0 saturated heterocycles. The first-order chi connectivity index (χ1) is 12.3. The molecule has 0 aliphatic heterocycles. The molecule has 2 heterocycles. The Morgan fingerprint density at radius 1 is 1.04 bits per heavy atom. The van der Waals surface area contributed by atoms with Crippen LogP contribution in [0.5, 0.6) is 0 Å². The molecule has 0 bridgehead atoms. The summed E-state index contributed by atoms with van der Waals surface area (Å²) in [4.78, 5) is 12.1. The molecule has 25 heavy (non-hydrogen) atoms. The van der Waals surface area contributed by atoms with E-state index in [0.717, 1.165) is 12.8 Å². The van der Waals surface area contributed by atoms with Gasteiger partial charge in [-0.3, -0.25) is 4.79 Å². The Morgan fingerprint density at radius 2 is 1.88 bits per heavy atom. The van der Waals surface area contributed by atoms with E-state index in [4.69, 9.17) is 4.42 Å². The lowest BCUT2D eigenvalue weighted by atomic mass is 10.3. The molecule has 4 rings (SSSR count). The van der Waals surface area contributed by atoms with Crippen molar-refractivity contribution in [3.8, 4) is 0 Å². The first kappa shape index (κ1) is 15.3. The van der Waals surface area contributed by atoms with Crippen molar-refractivity contribution in [2.45, 2.75) is 25.3 Å². The van der Waals surface area contributed by atoms with E-state index in [0.29, 0.717) is 35.7 Å². The second-order valence-corrected chi connectivity index (χ2v) is 5.79. The maximum atomic E-state index is 12.1. The average Bonchev–Trinajstić information content (AvgIpc) is 3.39. The lowest BCUT2D eigenvalue weighted by molar-refractivity contribution is 0.102. The molecule has 1 saturated carbocycles. The minimum atomic E-state index is -0.309. The minimum Gasteiger partial charge on any atom is -0.423 e. The lowest BCUT2D eigenvalue weighted by Gasteiger charge is -2.05. The summed E-state index contributed by atoms with van der Waals surface area (Å²) in [6.45, 7) is 0.365. The Bertz CT molecular complexity index is 858. The predicted octanol–water partition coefficient (Wildman–Crippen LogP) is 2.60. The summed E-state index contributed by atoms with van der Waals surface area (Å²) in [6.07, 6.45) is 2.24. The van der Waals surface area contributed by atoms with Gasteiger partial charge in [0.1, 0.15) is 5.82 Å². The molecule has 1 amide bonds. The summed E-state index contributed by atoms with van der Waals surface area (Å²) in [5.41, 5.74) is 0.947. The van der Waals surface area contributed by atoms with Gasteiger partial charge in [0, 0.05) is 11.6 Å². The second-order valence-electron chi connectivity index (χ2n) is 5.79. The average molecular weight is 336 g/mol. The van der Waals surface area contributed by atoms with Gasteiger partial charge < -0.3 is 15.1 Å². The maximum absolute atomic E-state index is 12.1. The van der Waals surface area contributed by atoms with E-state index in [9.17, 15) is 4.79 Å².